The van der Waals surface area contributed by atoms with Crippen LogP contribution in [0.1, 0.15) is 45.4 Å². The summed E-state index contributed by atoms with van der Waals surface area (Å²) in [6, 6.07) is 7.39. The van der Waals surface area contributed by atoms with Gasteiger partial charge in [0.2, 0.25) is 5.95 Å². The highest BCUT2D eigenvalue weighted by Crippen LogP contribution is 2.44. The quantitative estimate of drug-likeness (QED) is 0.516. The topological polar surface area (TPSA) is 121 Å². The molecule has 4 rings (SSSR count). The second kappa shape index (κ2) is 10.2. The lowest BCUT2D eigenvalue weighted by Crippen LogP contribution is -2.43. The van der Waals surface area contributed by atoms with Gasteiger partial charge in [-0.25, -0.2) is 19.9 Å². The predicted molar refractivity (Wildman–Crippen MR) is 123 cm³/mol. The van der Waals surface area contributed by atoms with Crippen molar-refractivity contribution >= 4 is 11.8 Å². The molecule has 0 aromatic carbocycles. The molecule has 9 nitrogen and oxygen atoms in total. The summed E-state index contributed by atoms with van der Waals surface area (Å²) in [5, 5.41) is 19.7. The van der Waals surface area contributed by atoms with Crippen LogP contribution in [0.5, 0.6) is 0 Å². The molecule has 0 unspecified atom stereocenters. The Balaban J connectivity index is 1.32. The first kappa shape index (κ1) is 22.4. The number of methoxy groups -OCH3 is 1. The van der Waals surface area contributed by atoms with Gasteiger partial charge in [0, 0.05) is 44.0 Å². The molecule has 1 atom stereocenters. The lowest BCUT2D eigenvalue weighted by molar-refractivity contribution is 0.161. The number of nitrogens with zero attached hydrogens (tertiary/aromatic N) is 5. The van der Waals surface area contributed by atoms with E-state index in [4.69, 9.17) is 4.74 Å². The molecular formula is C23H32N8O. The molecule has 2 saturated carbocycles. The Morgan fingerprint density at radius 3 is 2.66 bits per heavy atom. The lowest BCUT2D eigenvalue weighted by atomic mass is 9.91. The van der Waals surface area contributed by atoms with Crippen molar-refractivity contribution in [3.63, 3.8) is 0 Å². The molecule has 0 amide bonds. The monoisotopic (exact) mass is 436 g/mol. The Bertz CT molecular complexity index is 934. The summed E-state index contributed by atoms with van der Waals surface area (Å²) < 4.78 is 5.22. The molecule has 2 aromatic heterocycles. The largest absolute Gasteiger partial charge is 0.383 e. The number of nitrogens with one attached hydrogen (secondary N) is 3. The predicted octanol–water partition coefficient (Wildman–Crippen LogP) is 3.00. The van der Waals surface area contributed by atoms with Gasteiger partial charge in [0.25, 0.3) is 0 Å². The molecule has 2 aromatic rings. The zero-order valence-corrected chi connectivity index (χ0v) is 18.8. The number of nitriles is 1. The van der Waals surface area contributed by atoms with Gasteiger partial charge in [0.05, 0.1) is 29.5 Å². The van der Waals surface area contributed by atoms with Gasteiger partial charge in [-0.3, -0.25) is 0 Å². The highest BCUT2D eigenvalue weighted by Gasteiger charge is 2.42. The zero-order valence-electron chi connectivity index (χ0n) is 18.8. The minimum absolute atomic E-state index is 0.229. The van der Waals surface area contributed by atoms with Gasteiger partial charge >= 0.3 is 0 Å². The number of ether oxygens (including phenoxy) is 1. The molecule has 2 heterocycles. The zero-order chi connectivity index (χ0) is 22.4. The summed E-state index contributed by atoms with van der Waals surface area (Å²) in [4.78, 5) is 17.8. The Labute approximate surface area is 189 Å². The van der Waals surface area contributed by atoms with Crippen molar-refractivity contribution in [2.24, 2.45) is 5.41 Å². The molecule has 0 bridgehead atoms. The van der Waals surface area contributed by atoms with Gasteiger partial charge < -0.3 is 20.7 Å². The Morgan fingerprint density at radius 2 is 1.94 bits per heavy atom. The molecular weight excluding hydrogens is 404 g/mol. The van der Waals surface area contributed by atoms with Crippen LogP contribution in [-0.4, -0.2) is 58.3 Å². The maximum absolute atomic E-state index is 9.25. The fourth-order valence-corrected chi connectivity index (χ4v) is 4.19. The van der Waals surface area contributed by atoms with Gasteiger partial charge in [0.1, 0.15) is 12.1 Å². The van der Waals surface area contributed by atoms with E-state index in [0.29, 0.717) is 36.4 Å². The van der Waals surface area contributed by atoms with E-state index < -0.39 is 0 Å². The highest BCUT2D eigenvalue weighted by molar-refractivity contribution is 5.59. The van der Waals surface area contributed by atoms with Crippen LogP contribution in [0.3, 0.4) is 0 Å². The van der Waals surface area contributed by atoms with Crippen molar-refractivity contribution in [1.82, 2.24) is 25.3 Å². The summed E-state index contributed by atoms with van der Waals surface area (Å²) in [6.45, 7) is 3.51. The van der Waals surface area contributed by atoms with Crippen molar-refractivity contribution in [2.75, 3.05) is 30.9 Å². The first-order valence-electron chi connectivity index (χ1n) is 11.4. The van der Waals surface area contributed by atoms with E-state index in [1.807, 2.05) is 12.1 Å². The van der Waals surface area contributed by atoms with Crippen LogP contribution < -0.4 is 16.0 Å². The average molecular weight is 437 g/mol. The molecule has 0 spiro atoms. The fourth-order valence-electron chi connectivity index (χ4n) is 4.19. The fraction of sp³-hybridized carbons (Fsp3) is 0.609. The molecule has 170 valence electrons. The highest BCUT2D eigenvalue weighted by atomic mass is 16.5. The average Bonchev–Trinajstić information content (AvgIpc) is 3.60. The molecule has 2 aliphatic rings. The van der Waals surface area contributed by atoms with Crippen molar-refractivity contribution in [1.29, 1.82) is 5.26 Å². The second-order valence-corrected chi connectivity index (χ2v) is 9.02. The van der Waals surface area contributed by atoms with E-state index in [2.05, 4.69) is 48.9 Å². The third kappa shape index (κ3) is 5.90. The van der Waals surface area contributed by atoms with Crippen molar-refractivity contribution in [2.45, 2.75) is 63.6 Å². The number of anilines is 2. The van der Waals surface area contributed by atoms with Crippen LogP contribution in [0.2, 0.25) is 0 Å². The Morgan fingerprint density at radius 1 is 1.16 bits per heavy atom. The number of hydrogen-bond donors (Lipinski definition) is 3. The molecule has 9 heteroatoms. The molecule has 2 fully saturated rings. The minimum atomic E-state index is -0.229. The van der Waals surface area contributed by atoms with E-state index >= 15 is 0 Å². The maximum atomic E-state index is 9.25. The normalized spacial score (nSPS) is 22.5. The number of hydrogen-bond acceptors (Lipinski definition) is 9. The van der Waals surface area contributed by atoms with Crippen LogP contribution in [0.15, 0.2) is 24.7 Å². The Hall–Kier alpha value is -2.83. The lowest BCUT2D eigenvalue weighted by Gasteiger charge is -2.31. The van der Waals surface area contributed by atoms with Crippen molar-refractivity contribution in [3.05, 3.63) is 24.7 Å². The first-order valence-corrected chi connectivity index (χ1v) is 11.4. The van der Waals surface area contributed by atoms with Crippen LogP contribution >= 0.6 is 0 Å². The van der Waals surface area contributed by atoms with E-state index in [-0.39, 0.29) is 5.41 Å². The number of aromatic nitrogens is 4. The molecule has 3 N–H and O–H groups in total. The third-order valence-corrected chi connectivity index (χ3v) is 6.28. The summed E-state index contributed by atoms with van der Waals surface area (Å²) in [5.74, 6) is 1.33. The van der Waals surface area contributed by atoms with Gasteiger partial charge in [-0.1, -0.05) is 0 Å². The molecule has 2 aliphatic carbocycles. The van der Waals surface area contributed by atoms with Crippen LogP contribution in [-0.2, 0) is 4.74 Å². The van der Waals surface area contributed by atoms with E-state index in [1.165, 1.54) is 6.33 Å². The van der Waals surface area contributed by atoms with Crippen LogP contribution in [0, 0.1) is 16.7 Å². The van der Waals surface area contributed by atoms with Gasteiger partial charge in [-0.05, 0) is 51.5 Å². The number of rotatable bonds is 10. The van der Waals surface area contributed by atoms with E-state index in [1.54, 1.807) is 13.3 Å². The SMILES string of the molecule is COC[C@@H](C)NC1CCC(Nc2nccc(-c3cc(NCC4(C#N)CC4)ncn3)n2)CC1. The smallest absolute Gasteiger partial charge is 0.223 e. The van der Waals surface area contributed by atoms with E-state index in [9.17, 15) is 5.26 Å². The summed E-state index contributed by atoms with van der Waals surface area (Å²) in [7, 11) is 1.74. The van der Waals surface area contributed by atoms with Gasteiger partial charge in [0.15, 0.2) is 0 Å². The van der Waals surface area contributed by atoms with E-state index in [0.717, 1.165) is 56.5 Å². The first-order chi connectivity index (χ1) is 15.6. The summed E-state index contributed by atoms with van der Waals surface area (Å²) in [6.07, 6.45) is 9.57. The maximum Gasteiger partial charge on any atom is 0.223 e. The molecule has 0 saturated heterocycles. The van der Waals surface area contributed by atoms with Crippen LogP contribution in [0.4, 0.5) is 11.8 Å². The minimum Gasteiger partial charge on any atom is -0.383 e. The van der Waals surface area contributed by atoms with Gasteiger partial charge in [-0.2, -0.15) is 5.26 Å². The van der Waals surface area contributed by atoms with Crippen molar-refractivity contribution in [3.8, 4) is 17.5 Å². The van der Waals surface area contributed by atoms with Crippen molar-refractivity contribution < 1.29 is 4.74 Å². The molecule has 0 aliphatic heterocycles. The summed E-state index contributed by atoms with van der Waals surface area (Å²) >= 11 is 0. The summed E-state index contributed by atoms with van der Waals surface area (Å²) in [5.41, 5.74) is 1.25. The van der Waals surface area contributed by atoms with Gasteiger partial charge in [-0.15, -0.1) is 0 Å². The van der Waals surface area contributed by atoms with Crippen LogP contribution in [0.25, 0.3) is 11.4 Å². The standard InChI is InChI=1S/C23H32N8O/c1-16(12-32-2)29-17-3-5-18(6-4-17)30-22-25-10-7-19(31-22)20-11-21(28-15-27-20)26-14-23(13-24)8-9-23/h7,10-11,15-18,29H,3-6,8-9,12,14H2,1-2H3,(H,25,30,31)(H,26,27,28)/t16-,17?,18?/m1/s1. The third-order valence-electron chi connectivity index (χ3n) is 6.28. The Kier molecular flexibility index (Phi) is 7.12. The second-order valence-electron chi connectivity index (χ2n) is 9.02. The molecule has 32 heavy (non-hydrogen) atoms. The molecule has 0 radical (unpaired) electrons.